The summed E-state index contributed by atoms with van der Waals surface area (Å²) < 4.78 is 0. The molecule has 16 heavy (non-hydrogen) atoms. The molecular formula is C12H17Cl2NO. The van der Waals surface area contributed by atoms with E-state index in [2.05, 4.69) is 5.32 Å². The van der Waals surface area contributed by atoms with Gasteiger partial charge in [-0.1, -0.05) is 29.3 Å². The Morgan fingerprint density at radius 2 is 1.81 bits per heavy atom. The zero-order valence-electron chi connectivity index (χ0n) is 9.50. The molecule has 2 N–H and O–H groups in total. The Balaban J connectivity index is 2.59. The van der Waals surface area contributed by atoms with Crippen LogP contribution < -0.4 is 5.32 Å². The molecule has 0 bridgehead atoms. The van der Waals surface area contributed by atoms with Gasteiger partial charge in [-0.25, -0.2) is 0 Å². The lowest BCUT2D eigenvalue weighted by atomic mass is 10.1. The van der Waals surface area contributed by atoms with Crippen molar-refractivity contribution in [3.63, 3.8) is 0 Å². The molecule has 0 aliphatic heterocycles. The van der Waals surface area contributed by atoms with E-state index in [1.165, 1.54) is 0 Å². The maximum absolute atomic E-state index is 9.16. The summed E-state index contributed by atoms with van der Waals surface area (Å²) >= 11 is 12.1. The molecule has 0 saturated heterocycles. The molecule has 0 heterocycles. The Kier molecular flexibility index (Phi) is 5.56. The molecule has 2 nitrogen and oxygen atoms in total. The van der Waals surface area contributed by atoms with E-state index < -0.39 is 0 Å². The number of hydrogen-bond acceptors (Lipinski definition) is 2. The van der Waals surface area contributed by atoms with Gasteiger partial charge < -0.3 is 10.4 Å². The largest absolute Gasteiger partial charge is 0.392 e. The van der Waals surface area contributed by atoms with Gasteiger partial charge in [-0.15, -0.1) is 0 Å². The van der Waals surface area contributed by atoms with Crippen LogP contribution in [-0.2, 0) is 6.42 Å². The van der Waals surface area contributed by atoms with Crippen LogP contribution in [0.2, 0.25) is 10.0 Å². The average Bonchev–Trinajstić information content (AvgIpc) is 2.21. The van der Waals surface area contributed by atoms with E-state index in [0.29, 0.717) is 16.6 Å². The minimum Gasteiger partial charge on any atom is -0.392 e. The van der Waals surface area contributed by atoms with Crippen LogP contribution in [0.5, 0.6) is 0 Å². The SMILES string of the molecule is CC(O)CNC(C)Cc1c(Cl)cccc1Cl. The number of aliphatic hydroxyl groups is 1. The Morgan fingerprint density at radius 1 is 1.25 bits per heavy atom. The molecule has 0 amide bonds. The third-order valence-electron chi connectivity index (χ3n) is 2.33. The number of benzene rings is 1. The molecule has 2 atom stereocenters. The van der Waals surface area contributed by atoms with Crippen molar-refractivity contribution in [2.75, 3.05) is 6.54 Å². The quantitative estimate of drug-likeness (QED) is 0.855. The van der Waals surface area contributed by atoms with Gasteiger partial charge in [0.05, 0.1) is 6.10 Å². The van der Waals surface area contributed by atoms with Crippen LogP contribution in [0.3, 0.4) is 0 Å². The fourth-order valence-electron chi connectivity index (χ4n) is 1.48. The van der Waals surface area contributed by atoms with Crippen molar-refractivity contribution in [2.24, 2.45) is 0 Å². The minimum absolute atomic E-state index is 0.229. The summed E-state index contributed by atoms with van der Waals surface area (Å²) in [6, 6.07) is 5.74. The van der Waals surface area contributed by atoms with Crippen molar-refractivity contribution in [3.05, 3.63) is 33.8 Å². The fourth-order valence-corrected chi connectivity index (χ4v) is 2.03. The first-order valence-electron chi connectivity index (χ1n) is 5.35. The lowest BCUT2D eigenvalue weighted by molar-refractivity contribution is 0.187. The molecule has 2 unspecified atom stereocenters. The highest BCUT2D eigenvalue weighted by atomic mass is 35.5. The number of halogens is 2. The number of aliphatic hydroxyl groups excluding tert-OH is 1. The van der Waals surface area contributed by atoms with E-state index in [1.807, 2.05) is 25.1 Å². The van der Waals surface area contributed by atoms with Gasteiger partial charge in [-0.05, 0) is 38.0 Å². The zero-order valence-corrected chi connectivity index (χ0v) is 11.0. The maximum Gasteiger partial charge on any atom is 0.0636 e. The van der Waals surface area contributed by atoms with Crippen molar-refractivity contribution in [3.8, 4) is 0 Å². The molecule has 0 radical (unpaired) electrons. The van der Waals surface area contributed by atoms with Gasteiger partial charge >= 0.3 is 0 Å². The third kappa shape index (κ3) is 4.30. The van der Waals surface area contributed by atoms with Crippen LogP contribution >= 0.6 is 23.2 Å². The van der Waals surface area contributed by atoms with E-state index in [1.54, 1.807) is 6.92 Å². The van der Waals surface area contributed by atoms with Crippen molar-refractivity contribution < 1.29 is 5.11 Å². The second-order valence-corrected chi connectivity index (χ2v) is 4.88. The lowest BCUT2D eigenvalue weighted by Gasteiger charge is -2.16. The summed E-state index contributed by atoms with van der Waals surface area (Å²) in [5, 5.41) is 13.8. The van der Waals surface area contributed by atoms with Gasteiger partial charge in [0.25, 0.3) is 0 Å². The molecule has 0 aliphatic carbocycles. The molecule has 0 aliphatic rings. The van der Waals surface area contributed by atoms with E-state index in [9.17, 15) is 0 Å². The molecule has 1 aromatic carbocycles. The lowest BCUT2D eigenvalue weighted by Crippen LogP contribution is -2.34. The van der Waals surface area contributed by atoms with Crippen molar-refractivity contribution >= 4 is 23.2 Å². The predicted molar refractivity (Wildman–Crippen MR) is 69.3 cm³/mol. The summed E-state index contributed by atoms with van der Waals surface area (Å²) in [4.78, 5) is 0. The Labute approximate surface area is 107 Å². The zero-order chi connectivity index (χ0) is 12.1. The number of nitrogens with one attached hydrogen (secondary N) is 1. The summed E-state index contributed by atoms with van der Waals surface area (Å²) in [7, 11) is 0. The summed E-state index contributed by atoms with van der Waals surface area (Å²) in [5.74, 6) is 0. The number of rotatable bonds is 5. The van der Waals surface area contributed by atoms with Crippen LogP contribution in [0.4, 0.5) is 0 Å². The molecular weight excluding hydrogens is 245 g/mol. The molecule has 0 fully saturated rings. The Morgan fingerprint density at radius 3 is 2.31 bits per heavy atom. The normalized spacial score (nSPS) is 14.8. The number of hydrogen-bond donors (Lipinski definition) is 2. The smallest absolute Gasteiger partial charge is 0.0636 e. The van der Waals surface area contributed by atoms with Crippen LogP contribution in [0.15, 0.2) is 18.2 Å². The van der Waals surface area contributed by atoms with E-state index in [0.717, 1.165) is 12.0 Å². The van der Waals surface area contributed by atoms with Gasteiger partial charge in [0, 0.05) is 22.6 Å². The highest BCUT2D eigenvalue weighted by molar-refractivity contribution is 6.35. The summed E-state index contributed by atoms with van der Waals surface area (Å²) in [6.45, 7) is 4.37. The minimum atomic E-state index is -0.343. The van der Waals surface area contributed by atoms with Crippen LogP contribution in [0, 0.1) is 0 Å². The van der Waals surface area contributed by atoms with Gasteiger partial charge in [-0.3, -0.25) is 0 Å². The Hall–Kier alpha value is -0.280. The molecule has 0 spiro atoms. The van der Waals surface area contributed by atoms with Gasteiger partial charge in [-0.2, -0.15) is 0 Å². The van der Waals surface area contributed by atoms with Crippen molar-refractivity contribution in [1.82, 2.24) is 5.32 Å². The van der Waals surface area contributed by atoms with Gasteiger partial charge in [0.15, 0.2) is 0 Å². The second kappa shape index (κ2) is 6.45. The molecule has 0 saturated carbocycles. The molecule has 1 rings (SSSR count). The monoisotopic (exact) mass is 261 g/mol. The molecule has 90 valence electrons. The second-order valence-electron chi connectivity index (χ2n) is 4.06. The van der Waals surface area contributed by atoms with E-state index in [-0.39, 0.29) is 12.1 Å². The van der Waals surface area contributed by atoms with Crippen molar-refractivity contribution in [1.29, 1.82) is 0 Å². The van der Waals surface area contributed by atoms with Crippen molar-refractivity contribution in [2.45, 2.75) is 32.4 Å². The summed E-state index contributed by atoms with van der Waals surface area (Å²) in [5.41, 5.74) is 0.955. The first-order chi connectivity index (χ1) is 7.50. The predicted octanol–water partition coefficient (Wildman–Crippen LogP) is 2.89. The third-order valence-corrected chi connectivity index (χ3v) is 3.04. The first-order valence-corrected chi connectivity index (χ1v) is 6.10. The Bertz CT molecular complexity index is 322. The topological polar surface area (TPSA) is 32.3 Å². The first kappa shape index (κ1) is 13.8. The van der Waals surface area contributed by atoms with Gasteiger partial charge in [0.2, 0.25) is 0 Å². The summed E-state index contributed by atoms with van der Waals surface area (Å²) in [6.07, 6.45) is 0.412. The fraction of sp³-hybridized carbons (Fsp3) is 0.500. The molecule has 0 aromatic heterocycles. The highest BCUT2D eigenvalue weighted by Crippen LogP contribution is 2.25. The highest BCUT2D eigenvalue weighted by Gasteiger charge is 2.10. The average molecular weight is 262 g/mol. The van der Waals surface area contributed by atoms with Gasteiger partial charge in [0.1, 0.15) is 0 Å². The van der Waals surface area contributed by atoms with Crippen LogP contribution in [0.25, 0.3) is 0 Å². The van der Waals surface area contributed by atoms with Crippen LogP contribution in [0.1, 0.15) is 19.4 Å². The standard InChI is InChI=1S/C12H17Cl2NO/c1-8(15-7-9(2)16)6-10-11(13)4-3-5-12(10)14/h3-5,8-9,15-16H,6-7H2,1-2H3. The van der Waals surface area contributed by atoms with E-state index >= 15 is 0 Å². The molecule has 4 heteroatoms. The van der Waals surface area contributed by atoms with Crippen LogP contribution in [-0.4, -0.2) is 23.8 Å². The van der Waals surface area contributed by atoms with E-state index in [4.69, 9.17) is 28.3 Å². The maximum atomic E-state index is 9.16. The molecule has 1 aromatic rings.